The minimum Gasteiger partial charge on any atom is -0.334 e. The Morgan fingerprint density at radius 3 is 2.62 bits per heavy atom. The summed E-state index contributed by atoms with van der Waals surface area (Å²) in [6.07, 6.45) is 1.61. The highest BCUT2D eigenvalue weighted by atomic mass is 35.5. The van der Waals surface area contributed by atoms with E-state index in [9.17, 15) is 8.42 Å². The fourth-order valence-corrected chi connectivity index (χ4v) is 2.84. The van der Waals surface area contributed by atoms with Crippen LogP contribution in [0.3, 0.4) is 0 Å². The maximum atomic E-state index is 11.3. The number of hydrogen-bond acceptors (Lipinski definition) is 5. The van der Waals surface area contributed by atoms with Crippen molar-refractivity contribution in [3.05, 3.63) is 64.9 Å². The Morgan fingerprint density at radius 1 is 1.17 bits per heavy atom. The normalized spacial score (nSPS) is 11.4. The first kappa shape index (κ1) is 16.5. The molecule has 1 heterocycles. The van der Waals surface area contributed by atoms with E-state index in [1.165, 1.54) is 0 Å². The molecular weight excluding hydrogens is 350 g/mol. The fourth-order valence-electron chi connectivity index (χ4n) is 2.16. The molecule has 0 spiro atoms. The predicted molar refractivity (Wildman–Crippen MR) is 92.5 cm³/mol. The van der Waals surface area contributed by atoms with Gasteiger partial charge >= 0.3 is 0 Å². The third-order valence-corrected chi connectivity index (χ3v) is 4.01. The van der Waals surface area contributed by atoms with Gasteiger partial charge in [0.25, 0.3) is 5.89 Å². The molecule has 3 rings (SSSR count). The van der Waals surface area contributed by atoms with Crippen LogP contribution in [-0.2, 0) is 16.4 Å². The van der Waals surface area contributed by atoms with Gasteiger partial charge in [-0.1, -0.05) is 35.0 Å². The lowest BCUT2D eigenvalue weighted by atomic mass is 10.1. The van der Waals surface area contributed by atoms with Gasteiger partial charge < -0.3 is 4.52 Å². The predicted octanol–water partition coefficient (Wildman–Crippen LogP) is 3.35. The third kappa shape index (κ3) is 4.33. The number of hydrogen-bond donors (Lipinski definition) is 1. The van der Waals surface area contributed by atoms with Crippen LogP contribution >= 0.6 is 11.6 Å². The average molecular weight is 364 g/mol. The van der Waals surface area contributed by atoms with E-state index in [2.05, 4.69) is 14.9 Å². The Morgan fingerprint density at radius 2 is 1.92 bits per heavy atom. The van der Waals surface area contributed by atoms with Crippen molar-refractivity contribution in [1.82, 2.24) is 10.1 Å². The van der Waals surface area contributed by atoms with E-state index < -0.39 is 10.0 Å². The lowest BCUT2D eigenvalue weighted by Crippen LogP contribution is -2.09. The van der Waals surface area contributed by atoms with Gasteiger partial charge in [-0.3, -0.25) is 4.72 Å². The Bertz CT molecular complexity index is 953. The molecule has 0 atom stereocenters. The molecule has 6 nitrogen and oxygen atoms in total. The van der Waals surface area contributed by atoms with Gasteiger partial charge in [-0.05, 0) is 35.9 Å². The highest BCUT2D eigenvalue weighted by Crippen LogP contribution is 2.22. The highest BCUT2D eigenvalue weighted by molar-refractivity contribution is 7.92. The van der Waals surface area contributed by atoms with Crippen molar-refractivity contribution < 1.29 is 12.9 Å². The molecule has 0 saturated heterocycles. The van der Waals surface area contributed by atoms with Crippen LogP contribution in [-0.4, -0.2) is 24.8 Å². The Balaban J connectivity index is 1.80. The Kier molecular flexibility index (Phi) is 4.55. The van der Waals surface area contributed by atoms with Crippen LogP contribution in [0.15, 0.2) is 53.1 Å². The summed E-state index contributed by atoms with van der Waals surface area (Å²) >= 11 is 5.86. The number of benzene rings is 2. The zero-order chi connectivity index (χ0) is 17.2. The molecule has 8 heteroatoms. The van der Waals surface area contributed by atoms with E-state index in [1.54, 1.807) is 36.4 Å². The summed E-state index contributed by atoms with van der Waals surface area (Å²) in [7, 11) is -3.34. The lowest BCUT2D eigenvalue weighted by Gasteiger charge is -2.04. The van der Waals surface area contributed by atoms with E-state index in [1.807, 2.05) is 12.1 Å². The summed E-state index contributed by atoms with van der Waals surface area (Å²) in [4.78, 5) is 4.35. The second-order valence-electron chi connectivity index (χ2n) is 5.27. The molecule has 0 saturated carbocycles. The third-order valence-electron chi connectivity index (χ3n) is 3.16. The van der Waals surface area contributed by atoms with Gasteiger partial charge in [-0.15, -0.1) is 0 Å². The monoisotopic (exact) mass is 363 g/mol. The van der Waals surface area contributed by atoms with Crippen molar-refractivity contribution in [3.63, 3.8) is 0 Å². The molecule has 0 bridgehead atoms. The molecule has 0 unspecified atom stereocenters. The summed E-state index contributed by atoms with van der Waals surface area (Å²) in [5, 5.41) is 4.63. The molecule has 124 valence electrons. The number of nitrogens with zero attached hydrogens (tertiary/aromatic N) is 2. The quantitative estimate of drug-likeness (QED) is 0.751. The average Bonchev–Trinajstić information content (AvgIpc) is 2.97. The van der Waals surface area contributed by atoms with Crippen LogP contribution < -0.4 is 4.72 Å². The SMILES string of the molecule is CS(=O)(=O)Nc1cccc(-c2nc(Cc3ccc(Cl)cc3)no2)c1. The van der Waals surface area contributed by atoms with Crippen LogP contribution in [0.2, 0.25) is 5.02 Å². The topological polar surface area (TPSA) is 85.1 Å². The number of halogens is 1. The second kappa shape index (κ2) is 6.62. The molecule has 0 amide bonds. The molecule has 0 aliphatic carbocycles. The molecule has 0 radical (unpaired) electrons. The van der Waals surface area contributed by atoms with E-state index in [0.29, 0.717) is 34.4 Å². The van der Waals surface area contributed by atoms with Crippen LogP contribution in [0, 0.1) is 0 Å². The molecule has 3 aromatic rings. The maximum Gasteiger partial charge on any atom is 0.258 e. The van der Waals surface area contributed by atoms with Gasteiger partial charge in [-0.2, -0.15) is 4.98 Å². The van der Waals surface area contributed by atoms with Crippen molar-refractivity contribution in [2.24, 2.45) is 0 Å². The van der Waals surface area contributed by atoms with Gasteiger partial charge in [0, 0.05) is 22.7 Å². The van der Waals surface area contributed by atoms with E-state index in [-0.39, 0.29) is 0 Å². The second-order valence-corrected chi connectivity index (χ2v) is 7.46. The number of sulfonamides is 1. The molecule has 1 aromatic heterocycles. The zero-order valence-electron chi connectivity index (χ0n) is 12.7. The summed E-state index contributed by atoms with van der Waals surface area (Å²) in [6.45, 7) is 0. The van der Waals surface area contributed by atoms with Crippen molar-refractivity contribution in [3.8, 4) is 11.5 Å². The van der Waals surface area contributed by atoms with E-state index in [0.717, 1.165) is 11.8 Å². The summed E-state index contributed by atoms with van der Waals surface area (Å²) in [5.74, 6) is 0.866. The smallest absolute Gasteiger partial charge is 0.258 e. The standard InChI is InChI=1S/C16H14ClN3O3S/c1-24(21,22)20-14-4-2-3-12(10-14)16-18-15(19-23-16)9-11-5-7-13(17)8-6-11/h2-8,10,20H,9H2,1H3. The lowest BCUT2D eigenvalue weighted by molar-refractivity contribution is 0.424. The zero-order valence-corrected chi connectivity index (χ0v) is 14.3. The first-order valence-electron chi connectivity index (χ1n) is 7.04. The van der Waals surface area contributed by atoms with Crippen LogP contribution in [0.1, 0.15) is 11.4 Å². The van der Waals surface area contributed by atoms with E-state index >= 15 is 0 Å². The van der Waals surface area contributed by atoms with Crippen LogP contribution in [0.25, 0.3) is 11.5 Å². The van der Waals surface area contributed by atoms with Crippen molar-refractivity contribution in [1.29, 1.82) is 0 Å². The molecule has 24 heavy (non-hydrogen) atoms. The largest absolute Gasteiger partial charge is 0.334 e. The Hall–Kier alpha value is -2.38. The number of nitrogens with one attached hydrogen (secondary N) is 1. The summed E-state index contributed by atoms with van der Waals surface area (Å²) in [6, 6.07) is 14.2. The van der Waals surface area contributed by atoms with Crippen LogP contribution in [0.5, 0.6) is 0 Å². The molecule has 1 N–H and O–H groups in total. The minimum absolute atomic E-state index is 0.330. The molecule has 2 aromatic carbocycles. The number of anilines is 1. The van der Waals surface area contributed by atoms with Gasteiger partial charge in [0.05, 0.1) is 6.26 Å². The Labute approximate surface area is 144 Å². The van der Waals surface area contributed by atoms with Crippen molar-refractivity contribution >= 4 is 27.3 Å². The first-order valence-corrected chi connectivity index (χ1v) is 9.31. The van der Waals surface area contributed by atoms with E-state index in [4.69, 9.17) is 16.1 Å². The number of rotatable bonds is 5. The van der Waals surface area contributed by atoms with Gasteiger partial charge in [-0.25, -0.2) is 8.42 Å². The maximum absolute atomic E-state index is 11.3. The van der Waals surface area contributed by atoms with Crippen LogP contribution in [0.4, 0.5) is 5.69 Å². The molecule has 0 fully saturated rings. The minimum atomic E-state index is -3.34. The molecule has 0 aliphatic rings. The molecule has 0 aliphatic heterocycles. The van der Waals surface area contributed by atoms with Crippen molar-refractivity contribution in [2.75, 3.05) is 11.0 Å². The van der Waals surface area contributed by atoms with Gasteiger partial charge in [0.2, 0.25) is 10.0 Å². The summed E-state index contributed by atoms with van der Waals surface area (Å²) in [5.41, 5.74) is 2.09. The van der Waals surface area contributed by atoms with Crippen molar-refractivity contribution in [2.45, 2.75) is 6.42 Å². The van der Waals surface area contributed by atoms with Gasteiger partial charge in [0.1, 0.15) is 0 Å². The molecular formula is C16H14ClN3O3S. The first-order chi connectivity index (χ1) is 11.4. The summed E-state index contributed by atoms with van der Waals surface area (Å²) < 4.78 is 30.3. The fraction of sp³-hybridized carbons (Fsp3) is 0.125. The highest BCUT2D eigenvalue weighted by Gasteiger charge is 2.11. The van der Waals surface area contributed by atoms with Gasteiger partial charge in [0.15, 0.2) is 5.82 Å². The number of aromatic nitrogens is 2.